The van der Waals surface area contributed by atoms with Gasteiger partial charge in [0, 0.05) is 45.4 Å². The Bertz CT molecular complexity index is 1940. The van der Waals surface area contributed by atoms with Gasteiger partial charge in [0.15, 0.2) is 0 Å². The molecule has 48 heavy (non-hydrogen) atoms. The zero-order valence-electron chi connectivity index (χ0n) is 25.1. The fourth-order valence-corrected chi connectivity index (χ4v) is 6.22. The first-order valence-corrected chi connectivity index (χ1v) is 16.7. The summed E-state index contributed by atoms with van der Waals surface area (Å²) in [6, 6.07) is 31.8. The Hall–Kier alpha value is -5.32. The molecule has 0 aliphatic carbocycles. The van der Waals surface area contributed by atoms with Gasteiger partial charge in [0.1, 0.15) is 23.3 Å². The first kappa shape index (κ1) is 34.0. The molecule has 0 saturated carbocycles. The van der Waals surface area contributed by atoms with Gasteiger partial charge < -0.3 is 0 Å². The van der Waals surface area contributed by atoms with Crippen molar-refractivity contribution >= 4 is 45.9 Å². The first-order valence-electron chi connectivity index (χ1n) is 14.4. The molecule has 2 heterocycles. The van der Waals surface area contributed by atoms with E-state index in [4.69, 9.17) is 0 Å². The molecule has 0 fully saturated rings. The molecule has 2 atom stereocenters. The predicted octanol–water partition coefficient (Wildman–Crippen LogP) is 9.39. The molecule has 0 aliphatic heterocycles. The van der Waals surface area contributed by atoms with E-state index in [0.29, 0.717) is 31.0 Å². The van der Waals surface area contributed by atoms with Gasteiger partial charge in [-0.25, -0.2) is 26.0 Å². The van der Waals surface area contributed by atoms with E-state index in [9.17, 15) is 26.0 Å². The van der Waals surface area contributed by atoms with Crippen molar-refractivity contribution in [1.82, 2.24) is 9.97 Å². The second kappa shape index (κ2) is 16.5. The van der Waals surface area contributed by atoms with Crippen molar-refractivity contribution in [1.29, 1.82) is 0 Å². The Morgan fingerprint density at radius 2 is 0.833 bits per heavy atom. The van der Waals surface area contributed by atoms with Crippen molar-refractivity contribution in [2.45, 2.75) is 19.6 Å². The summed E-state index contributed by atoms with van der Waals surface area (Å²) in [5, 5.41) is 0. The van der Waals surface area contributed by atoms with Gasteiger partial charge in [-0.05, 0) is 97.1 Å². The van der Waals surface area contributed by atoms with Crippen molar-refractivity contribution in [2.75, 3.05) is 0 Å². The van der Waals surface area contributed by atoms with Crippen LogP contribution in [0.3, 0.4) is 0 Å². The highest BCUT2D eigenvalue weighted by Gasteiger charge is 2.08. The molecule has 1 unspecified atom stereocenters. The smallest absolute Gasteiger partial charge is 0.133 e. The first-order chi connectivity index (χ1) is 23.3. The third-order valence-corrected chi connectivity index (χ3v) is 9.39. The zero-order chi connectivity index (χ0) is 33.9. The molecular weight excluding hydrogens is 657 g/mol. The Morgan fingerprint density at radius 3 is 1.17 bits per heavy atom. The van der Waals surface area contributed by atoms with Gasteiger partial charge in [0.05, 0.1) is 42.8 Å². The van der Waals surface area contributed by atoms with Crippen molar-refractivity contribution in [3.63, 3.8) is 0 Å². The van der Waals surface area contributed by atoms with Gasteiger partial charge >= 0.3 is 0 Å². The van der Waals surface area contributed by atoms with Crippen LogP contribution in [0, 0.1) is 23.3 Å². The molecule has 0 aliphatic rings. The lowest BCUT2D eigenvalue weighted by molar-refractivity contribution is 0.581. The number of halogens is 4. The van der Waals surface area contributed by atoms with Gasteiger partial charge in [-0.15, -0.1) is 0 Å². The predicted molar refractivity (Wildman–Crippen MR) is 181 cm³/mol. The Kier molecular flexibility index (Phi) is 11.7. The maximum Gasteiger partial charge on any atom is 0.133 e. The fraction of sp³-hybridized carbons (Fsp3) is 0. The van der Waals surface area contributed by atoms with Crippen molar-refractivity contribution in [2.24, 2.45) is 0 Å². The van der Waals surface area contributed by atoms with Crippen LogP contribution < -0.4 is 0 Å². The summed E-state index contributed by atoms with van der Waals surface area (Å²) in [7, 11) is -2.58. The summed E-state index contributed by atoms with van der Waals surface area (Å²) in [6.45, 7) is 0. The molecule has 0 spiro atoms. The molecule has 0 amide bonds. The van der Waals surface area contributed by atoms with Crippen LogP contribution in [0.15, 0.2) is 153 Å². The van der Waals surface area contributed by atoms with Crippen LogP contribution in [-0.2, 0) is 21.6 Å². The number of benzene rings is 4. The zero-order valence-corrected chi connectivity index (χ0v) is 26.7. The minimum Gasteiger partial charge on any atom is -0.256 e. The number of nitrogens with zero attached hydrogens (tertiary/aromatic N) is 2. The topological polar surface area (TPSA) is 59.9 Å². The Morgan fingerprint density at radius 1 is 0.438 bits per heavy atom. The molecule has 0 radical (unpaired) electrons. The summed E-state index contributed by atoms with van der Waals surface area (Å²) < 4.78 is 77.6. The van der Waals surface area contributed by atoms with E-state index in [2.05, 4.69) is 9.97 Å². The summed E-state index contributed by atoms with van der Waals surface area (Å²) in [5.74, 6) is -2.49. The standard InChI is InChI=1S/2C19H13F2NOS/c2*20-15-8-6-14(19(21)12-15)7-9-16-10-11-18(13-22-16)24(23)17-4-2-1-3-5-17/h2*1-13H/b2*9-7+/t24-;/m0./s1. The number of pyridine rings is 2. The summed E-state index contributed by atoms with van der Waals surface area (Å²) in [5.41, 5.74) is 1.73. The van der Waals surface area contributed by atoms with E-state index in [-0.39, 0.29) is 11.1 Å². The highest BCUT2D eigenvalue weighted by Crippen LogP contribution is 2.19. The quantitative estimate of drug-likeness (QED) is 0.150. The summed E-state index contributed by atoms with van der Waals surface area (Å²) in [4.78, 5) is 11.0. The van der Waals surface area contributed by atoms with Crippen LogP contribution in [0.25, 0.3) is 24.3 Å². The molecule has 6 aromatic rings. The van der Waals surface area contributed by atoms with Crippen LogP contribution in [0.4, 0.5) is 17.6 Å². The molecule has 0 bridgehead atoms. The molecule has 0 saturated heterocycles. The van der Waals surface area contributed by atoms with Crippen LogP contribution in [0.5, 0.6) is 0 Å². The number of hydrogen-bond acceptors (Lipinski definition) is 4. The van der Waals surface area contributed by atoms with Gasteiger partial charge in [0.25, 0.3) is 0 Å². The second-order valence-corrected chi connectivity index (χ2v) is 13.0. The second-order valence-electron chi connectivity index (χ2n) is 10.00. The Balaban J connectivity index is 0.000000188. The van der Waals surface area contributed by atoms with Crippen molar-refractivity contribution < 1.29 is 26.0 Å². The van der Waals surface area contributed by atoms with Crippen molar-refractivity contribution in [3.8, 4) is 0 Å². The molecule has 4 nitrogen and oxygen atoms in total. The third kappa shape index (κ3) is 9.37. The minimum atomic E-state index is -1.29. The van der Waals surface area contributed by atoms with E-state index in [0.717, 1.165) is 12.1 Å². The van der Waals surface area contributed by atoms with Crippen LogP contribution in [-0.4, -0.2) is 18.4 Å². The molecule has 2 aromatic heterocycles. The lowest BCUT2D eigenvalue weighted by Gasteiger charge is -2.02. The maximum atomic E-state index is 13.6. The minimum absolute atomic E-state index is 0.273. The lowest BCUT2D eigenvalue weighted by Crippen LogP contribution is -1.94. The molecule has 10 heteroatoms. The number of aromatic nitrogens is 2. The fourth-order valence-electron chi connectivity index (χ4n) is 4.18. The largest absolute Gasteiger partial charge is 0.256 e. The lowest BCUT2D eigenvalue weighted by atomic mass is 10.2. The van der Waals surface area contributed by atoms with E-state index in [1.807, 2.05) is 36.4 Å². The molecule has 6 rings (SSSR count). The highest BCUT2D eigenvalue weighted by molar-refractivity contribution is 7.85. The van der Waals surface area contributed by atoms with Gasteiger partial charge in [-0.3, -0.25) is 9.97 Å². The van der Waals surface area contributed by atoms with Crippen LogP contribution in [0.1, 0.15) is 22.5 Å². The average Bonchev–Trinajstić information content (AvgIpc) is 3.12. The molecule has 0 N–H and O–H groups in total. The van der Waals surface area contributed by atoms with Crippen LogP contribution >= 0.6 is 0 Å². The number of hydrogen-bond donors (Lipinski definition) is 0. The molecule has 4 aromatic carbocycles. The van der Waals surface area contributed by atoms with E-state index >= 15 is 0 Å². The summed E-state index contributed by atoms with van der Waals surface area (Å²) >= 11 is 0. The molecular formula is C38H26F4N2O2S2. The van der Waals surface area contributed by atoms with E-state index < -0.39 is 44.9 Å². The molecule has 240 valence electrons. The van der Waals surface area contributed by atoms with Gasteiger partial charge in [-0.2, -0.15) is 0 Å². The highest BCUT2D eigenvalue weighted by atomic mass is 32.2. The van der Waals surface area contributed by atoms with E-state index in [1.165, 1.54) is 48.8 Å². The average molecular weight is 683 g/mol. The normalized spacial score (nSPS) is 12.4. The Labute approximate surface area is 280 Å². The monoisotopic (exact) mass is 682 g/mol. The SMILES string of the molecule is O=S(c1ccccc1)c1ccc(/C=C/c2ccc(F)cc2F)nc1.O=[S@@](c1ccccc1)c1ccc(/C=C/c2ccc(F)cc2F)nc1. The summed E-state index contributed by atoms with van der Waals surface area (Å²) in [6.07, 6.45) is 9.33. The maximum absolute atomic E-state index is 13.6. The van der Waals surface area contributed by atoms with E-state index in [1.54, 1.807) is 60.7 Å². The van der Waals surface area contributed by atoms with Gasteiger partial charge in [-0.1, -0.05) is 36.4 Å². The van der Waals surface area contributed by atoms with Crippen molar-refractivity contribution in [3.05, 3.63) is 180 Å². The third-order valence-electron chi connectivity index (χ3n) is 6.65. The van der Waals surface area contributed by atoms with Crippen LogP contribution in [0.2, 0.25) is 0 Å². The van der Waals surface area contributed by atoms with Gasteiger partial charge in [0.2, 0.25) is 0 Å². The number of rotatable bonds is 8.